The van der Waals surface area contributed by atoms with Crippen LogP contribution in [0.5, 0.6) is 0 Å². The molecule has 0 spiro atoms. The van der Waals surface area contributed by atoms with Gasteiger partial charge in [0, 0.05) is 18.7 Å². The summed E-state index contributed by atoms with van der Waals surface area (Å²) >= 11 is 6.09. The summed E-state index contributed by atoms with van der Waals surface area (Å²) in [6.07, 6.45) is 1.87. The van der Waals surface area contributed by atoms with Crippen molar-refractivity contribution >= 4 is 23.0 Å². The lowest BCUT2D eigenvalue weighted by Gasteiger charge is -2.23. The summed E-state index contributed by atoms with van der Waals surface area (Å²) < 4.78 is 0. The fraction of sp³-hybridized carbons (Fsp3) is 0.412. The van der Waals surface area contributed by atoms with Crippen molar-refractivity contribution in [1.82, 2.24) is 9.97 Å². The quantitative estimate of drug-likeness (QED) is 0.765. The van der Waals surface area contributed by atoms with Gasteiger partial charge in [0.25, 0.3) is 0 Å². The van der Waals surface area contributed by atoms with Crippen LogP contribution in [0.1, 0.15) is 42.4 Å². The number of rotatable bonds is 4. The highest BCUT2D eigenvalue weighted by Crippen LogP contribution is 2.30. The van der Waals surface area contributed by atoms with E-state index in [1.54, 1.807) is 0 Å². The number of aromatic nitrogens is 2. The number of alkyl halides is 1. The topological polar surface area (TPSA) is 29.0 Å². The Bertz CT molecular complexity index is 638. The van der Waals surface area contributed by atoms with Gasteiger partial charge in [-0.2, -0.15) is 0 Å². The Morgan fingerprint density at radius 3 is 2.48 bits per heavy atom. The summed E-state index contributed by atoms with van der Waals surface area (Å²) in [7, 11) is 2.03. The van der Waals surface area contributed by atoms with Gasteiger partial charge in [0.05, 0.1) is 23.5 Å². The molecule has 2 aromatic rings. The molecule has 21 heavy (non-hydrogen) atoms. The monoisotopic (exact) mass is 303 g/mol. The smallest absolute Gasteiger partial charge is 0.131 e. The molecule has 0 unspecified atom stereocenters. The van der Waals surface area contributed by atoms with E-state index in [2.05, 4.69) is 60.8 Å². The third-order valence-corrected chi connectivity index (χ3v) is 3.84. The van der Waals surface area contributed by atoms with Gasteiger partial charge in [-0.3, -0.25) is 0 Å². The van der Waals surface area contributed by atoms with Gasteiger partial charge in [0.15, 0.2) is 0 Å². The number of aryl methyl sites for hydroxylation is 2. The third kappa shape index (κ3) is 3.35. The van der Waals surface area contributed by atoms with Gasteiger partial charge in [0.2, 0.25) is 0 Å². The van der Waals surface area contributed by atoms with Crippen molar-refractivity contribution in [2.45, 2.75) is 39.5 Å². The van der Waals surface area contributed by atoms with E-state index in [0.717, 1.165) is 22.9 Å². The molecule has 0 N–H and O–H groups in total. The second-order valence-electron chi connectivity index (χ2n) is 5.70. The lowest BCUT2D eigenvalue weighted by Crippen LogP contribution is -2.15. The lowest BCUT2D eigenvalue weighted by molar-refractivity contribution is 0.763. The fourth-order valence-electron chi connectivity index (χ4n) is 2.39. The normalized spacial score (nSPS) is 11.0. The summed E-state index contributed by atoms with van der Waals surface area (Å²) in [5.41, 5.74) is 5.46. The number of halogens is 1. The first-order chi connectivity index (χ1) is 9.93. The highest BCUT2D eigenvalue weighted by molar-refractivity contribution is 6.17. The zero-order chi connectivity index (χ0) is 15.6. The minimum Gasteiger partial charge on any atom is -0.342 e. The number of anilines is 2. The van der Waals surface area contributed by atoms with Gasteiger partial charge >= 0.3 is 0 Å². The summed E-state index contributed by atoms with van der Waals surface area (Å²) in [6, 6.07) is 6.41. The Hall–Kier alpha value is -1.61. The van der Waals surface area contributed by atoms with Crippen molar-refractivity contribution in [2.75, 3.05) is 11.9 Å². The zero-order valence-corrected chi connectivity index (χ0v) is 14.1. The molecule has 0 fully saturated rings. The first-order valence-electron chi connectivity index (χ1n) is 7.16. The van der Waals surface area contributed by atoms with E-state index in [4.69, 9.17) is 11.6 Å². The van der Waals surface area contributed by atoms with Crippen LogP contribution in [0.3, 0.4) is 0 Å². The van der Waals surface area contributed by atoms with Crippen molar-refractivity contribution in [3.63, 3.8) is 0 Å². The second-order valence-corrected chi connectivity index (χ2v) is 5.96. The largest absolute Gasteiger partial charge is 0.342 e. The highest BCUT2D eigenvalue weighted by Gasteiger charge is 2.14. The molecule has 0 amide bonds. The molecule has 0 saturated heterocycles. The predicted molar refractivity (Wildman–Crippen MR) is 89.7 cm³/mol. The molecule has 0 aliphatic heterocycles. The second kappa shape index (κ2) is 6.44. The first kappa shape index (κ1) is 15.8. The van der Waals surface area contributed by atoms with Crippen LogP contribution in [-0.2, 0) is 5.88 Å². The molecule has 0 radical (unpaired) electrons. The standard InChI is InChI=1S/C17H22ClN3/c1-11(2)17-19-10-16(14(9-18)20-17)21(5)15-7-6-12(3)8-13(15)4/h6-8,10-11H,9H2,1-5H3. The SMILES string of the molecule is Cc1ccc(N(C)c2cnc(C(C)C)nc2CCl)c(C)c1. The van der Waals surface area contributed by atoms with Crippen LogP contribution < -0.4 is 4.90 Å². The molecule has 3 nitrogen and oxygen atoms in total. The van der Waals surface area contributed by atoms with Crippen LogP contribution in [0.4, 0.5) is 11.4 Å². The van der Waals surface area contributed by atoms with Crippen molar-refractivity contribution < 1.29 is 0 Å². The van der Waals surface area contributed by atoms with Crippen LogP contribution in [0.2, 0.25) is 0 Å². The van der Waals surface area contributed by atoms with E-state index in [1.807, 2.05) is 13.2 Å². The van der Waals surface area contributed by atoms with E-state index in [9.17, 15) is 0 Å². The molecule has 1 aromatic heterocycles. The maximum Gasteiger partial charge on any atom is 0.131 e. The molecule has 0 saturated carbocycles. The number of nitrogens with zero attached hydrogens (tertiary/aromatic N) is 3. The molecule has 0 aliphatic rings. The summed E-state index contributed by atoms with van der Waals surface area (Å²) in [5, 5.41) is 0. The van der Waals surface area contributed by atoms with Crippen molar-refractivity contribution in [1.29, 1.82) is 0 Å². The maximum atomic E-state index is 6.09. The fourth-order valence-corrected chi connectivity index (χ4v) is 2.59. The summed E-state index contributed by atoms with van der Waals surface area (Å²) in [4.78, 5) is 11.2. The van der Waals surface area contributed by atoms with Gasteiger partial charge in [-0.15, -0.1) is 11.6 Å². The molecule has 1 aromatic carbocycles. The third-order valence-electron chi connectivity index (χ3n) is 3.58. The number of hydrogen-bond acceptors (Lipinski definition) is 3. The molecule has 0 aliphatic carbocycles. The predicted octanol–water partition coefficient (Wildman–Crippen LogP) is 4.72. The summed E-state index contributed by atoms with van der Waals surface area (Å²) in [5.74, 6) is 1.52. The van der Waals surface area contributed by atoms with Gasteiger partial charge in [-0.05, 0) is 25.5 Å². The molecule has 1 heterocycles. The molecule has 2 rings (SSSR count). The van der Waals surface area contributed by atoms with Crippen LogP contribution in [0.15, 0.2) is 24.4 Å². The zero-order valence-electron chi connectivity index (χ0n) is 13.3. The average molecular weight is 304 g/mol. The lowest BCUT2D eigenvalue weighted by atomic mass is 10.1. The Morgan fingerprint density at radius 1 is 1.19 bits per heavy atom. The van der Waals surface area contributed by atoms with E-state index < -0.39 is 0 Å². The molecular formula is C17H22ClN3. The Balaban J connectivity index is 2.45. The van der Waals surface area contributed by atoms with Gasteiger partial charge < -0.3 is 4.90 Å². The molecule has 4 heteroatoms. The van der Waals surface area contributed by atoms with Gasteiger partial charge in [-0.1, -0.05) is 31.5 Å². The number of hydrogen-bond donors (Lipinski definition) is 0. The minimum atomic E-state index is 0.299. The summed E-state index contributed by atoms with van der Waals surface area (Å²) in [6.45, 7) is 8.38. The van der Waals surface area contributed by atoms with Crippen molar-refractivity contribution in [3.05, 3.63) is 47.0 Å². The van der Waals surface area contributed by atoms with Crippen LogP contribution in [0.25, 0.3) is 0 Å². The molecule has 112 valence electrons. The molecule has 0 bridgehead atoms. The maximum absolute atomic E-state index is 6.09. The Kier molecular flexibility index (Phi) is 4.84. The van der Waals surface area contributed by atoms with E-state index in [-0.39, 0.29) is 0 Å². The first-order valence-corrected chi connectivity index (χ1v) is 7.70. The molecule has 0 atom stereocenters. The average Bonchev–Trinajstić information content (AvgIpc) is 2.45. The Morgan fingerprint density at radius 2 is 1.90 bits per heavy atom. The van der Waals surface area contributed by atoms with Crippen molar-refractivity contribution in [2.24, 2.45) is 0 Å². The van der Waals surface area contributed by atoms with Crippen molar-refractivity contribution in [3.8, 4) is 0 Å². The number of benzene rings is 1. The van der Waals surface area contributed by atoms with Crippen LogP contribution >= 0.6 is 11.6 Å². The van der Waals surface area contributed by atoms with E-state index in [0.29, 0.717) is 11.8 Å². The highest BCUT2D eigenvalue weighted by atomic mass is 35.5. The van der Waals surface area contributed by atoms with Crippen LogP contribution in [0, 0.1) is 13.8 Å². The Labute approximate surface area is 132 Å². The van der Waals surface area contributed by atoms with E-state index >= 15 is 0 Å². The van der Waals surface area contributed by atoms with Crippen LogP contribution in [-0.4, -0.2) is 17.0 Å². The minimum absolute atomic E-state index is 0.299. The van der Waals surface area contributed by atoms with Gasteiger partial charge in [-0.25, -0.2) is 9.97 Å². The van der Waals surface area contributed by atoms with E-state index in [1.165, 1.54) is 11.1 Å². The van der Waals surface area contributed by atoms with Gasteiger partial charge in [0.1, 0.15) is 5.82 Å². The molecular weight excluding hydrogens is 282 g/mol.